The van der Waals surface area contributed by atoms with E-state index in [9.17, 15) is 14.4 Å². The van der Waals surface area contributed by atoms with Gasteiger partial charge in [-0.15, -0.1) is 0 Å². The van der Waals surface area contributed by atoms with Crippen molar-refractivity contribution in [3.63, 3.8) is 0 Å². The van der Waals surface area contributed by atoms with Crippen molar-refractivity contribution in [1.29, 1.82) is 0 Å². The van der Waals surface area contributed by atoms with Crippen LogP contribution in [0.1, 0.15) is 107 Å². The van der Waals surface area contributed by atoms with Crippen LogP contribution in [0.15, 0.2) is 12.1 Å². The zero-order chi connectivity index (χ0) is 23.1. The third kappa shape index (κ3) is 6.85. The number of Topliss-reactive ketones (excluding diaryl/α,β-unsaturated/α-hetero) is 3. The molecule has 3 unspecified atom stereocenters. The Balaban J connectivity index is 2.26. The van der Waals surface area contributed by atoms with Crippen LogP contribution in [0.25, 0.3) is 0 Å². The molecule has 0 N–H and O–H groups in total. The second-order valence-corrected chi connectivity index (χ2v) is 10.2. The summed E-state index contributed by atoms with van der Waals surface area (Å²) in [5, 5.41) is 0. The fourth-order valence-corrected chi connectivity index (χ4v) is 5.48. The molecule has 3 atom stereocenters. The lowest BCUT2D eigenvalue weighted by Gasteiger charge is -2.32. The Morgan fingerprint density at radius 2 is 1.81 bits per heavy atom. The van der Waals surface area contributed by atoms with Crippen LogP contribution in [0, 0.1) is 30.6 Å². The van der Waals surface area contributed by atoms with Crippen LogP contribution in [0.3, 0.4) is 0 Å². The van der Waals surface area contributed by atoms with Gasteiger partial charge in [-0.2, -0.15) is 0 Å². The van der Waals surface area contributed by atoms with E-state index in [2.05, 4.69) is 46.8 Å². The summed E-state index contributed by atoms with van der Waals surface area (Å²) in [6, 6.07) is 4.33. The maximum atomic E-state index is 13.2. The predicted octanol–water partition coefficient (Wildman–Crippen LogP) is 6.71. The molecule has 172 valence electrons. The number of hydrogen-bond donors (Lipinski definition) is 0. The Labute approximate surface area is 189 Å². The summed E-state index contributed by atoms with van der Waals surface area (Å²) in [5.74, 6) is 1.42. The van der Waals surface area contributed by atoms with Gasteiger partial charge in [0.1, 0.15) is 11.6 Å². The highest BCUT2D eigenvalue weighted by Crippen LogP contribution is 2.37. The van der Waals surface area contributed by atoms with Gasteiger partial charge in [-0.1, -0.05) is 52.7 Å². The van der Waals surface area contributed by atoms with Gasteiger partial charge in [0, 0.05) is 17.9 Å². The highest BCUT2D eigenvalue weighted by molar-refractivity contribution is 6.00. The normalized spacial score (nSPS) is 18.0. The smallest absolute Gasteiger partial charge is 0.163 e. The van der Waals surface area contributed by atoms with E-state index in [0.717, 1.165) is 56.1 Å². The average molecular weight is 427 g/mol. The molecular formula is C28H42O3. The Morgan fingerprint density at radius 3 is 2.39 bits per heavy atom. The molecule has 0 spiro atoms. The molecule has 31 heavy (non-hydrogen) atoms. The van der Waals surface area contributed by atoms with Crippen LogP contribution in [-0.4, -0.2) is 17.3 Å². The minimum Gasteiger partial charge on any atom is -0.300 e. The van der Waals surface area contributed by atoms with Crippen molar-refractivity contribution in [3.8, 4) is 0 Å². The zero-order valence-corrected chi connectivity index (χ0v) is 20.6. The second kappa shape index (κ2) is 11.7. The molecule has 0 saturated heterocycles. The van der Waals surface area contributed by atoms with Crippen LogP contribution < -0.4 is 0 Å². The standard InChI is InChI=1S/C28H42O3/c1-7-9-23(24(8-2)26(30)14-20(6)29)15-21-16-25-22(12-10-18(3)4)13-11-19(5)28(25)27(31)17-21/h11,13,18,21,23-24H,7-10,12,14-17H2,1-6H3. The maximum absolute atomic E-state index is 13.2. The third-order valence-corrected chi connectivity index (χ3v) is 7.00. The fraction of sp³-hybridized carbons (Fsp3) is 0.679. The first kappa shape index (κ1) is 25.5. The van der Waals surface area contributed by atoms with Crippen molar-refractivity contribution in [2.45, 2.75) is 99.3 Å². The molecule has 3 nitrogen and oxygen atoms in total. The monoisotopic (exact) mass is 426 g/mol. The second-order valence-electron chi connectivity index (χ2n) is 10.2. The highest BCUT2D eigenvalue weighted by Gasteiger charge is 2.33. The first-order chi connectivity index (χ1) is 14.7. The molecule has 0 saturated carbocycles. The van der Waals surface area contributed by atoms with E-state index in [1.165, 1.54) is 18.1 Å². The minimum atomic E-state index is -0.0710. The Bertz CT molecular complexity index is 790. The molecule has 2 rings (SSSR count). The lowest BCUT2D eigenvalue weighted by Crippen LogP contribution is -2.30. The summed E-state index contributed by atoms with van der Waals surface area (Å²) in [4.78, 5) is 37.5. The van der Waals surface area contributed by atoms with E-state index in [-0.39, 0.29) is 41.5 Å². The molecule has 0 aromatic heterocycles. The summed E-state index contributed by atoms with van der Waals surface area (Å²) in [5.41, 5.74) is 4.66. The van der Waals surface area contributed by atoms with Gasteiger partial charge in [-0.25, -0.2) is 0 Å². The molecule has 0 aliphatic heterocycles. The van der Waals surface area contributed by atoms with Crippen LogP contribution in [0.5, 0.6) is 0 Å². The lowest BCUT2D eigenvalue weighted by atomic mass is 9.71. The summed E-state index contributed by atoms with van der Waals surface area (Å²) in [6.07, 6.45) is 7.39. The van der Waals surface area contributed by atoms with E-state index in [4.69, 9.17) is 0 Å². The minimum absolute atomic E-state index is 0.0453. The van der Waals surface area contributed by atoms with E-state index in [0.29, 0.717) is 12.3 Å². The Kier molecular flexibility index (Phi) is 9.65. The Morgan fingerprint density at radius 1 is 1.10 bits per heavy atom. The molecule has 0 radical (unpaired) electrons. The van der Waals surface area contributed by atoms with Gasteiger partial charge in [-0.05, 0) is 80.4 Å². The van der Waals surface area contributed by atoms with Gasteiger partial charge in [-0.3, -0.25) is 14.4 Å². The molecule has 0 fully saturated rings. The van der Waals surface area contributed by atoms with E-state index in [1.54, 1.807) is 0 Å². The summed E-state index contributed by atoms with van der Waals surface area (Å²) >= 11 is 0. The summed E-state index contributed by atoms with van der Waals surface area (Å²) < 4.78 is 0. The van der Waals surface area contributed by atoms with Crippen molar-refractivity contribution in [1.82, 2.24) is 0 Å². The number of benzene rings is 1. The van der Waals surface area contributed by atoms with Crippen LogP contribution >= 0.6 is 0 Å². The molecule has 0 bridgehead atoms. The number of aryl methyl sites for hydroxylation is 2. The fourth-order valence-electron chi connectivity index (χ4n) is 5.48. The Hall–Kier alpha value is -1.77. The quantitative estimate of drug-likeness (QED) is 0.349. The first-order valence-electron chi connectivity index (χ1n) is 12.3. The number of rotatable bonds is 12. The number of fused-ring (bicyclic) bond motifs is 1. The molecular weight excluding hydrogens is 384 g/mol. The van der Waals surface area contributed by atoms with Crippen molar-refractivity contribution < 1.29 is 14.4 Å². The topological polar surface area (TPSA) is 51.2 Å². The van der Waals surface area contributed by atoms with E-state index >= 15 is 0 Å². The third-order valence-electron chi connectivity index (χ3n) is 7.00. The van der Waals surface area contributed by atoms with Gasteiger partial charge in [0.25, 0.3) is 0 Å². The molecule has 1 aliphatic carbocycles. The highest BCUT2D eigenvalue weighted by atomic mass is 16.1. The predicted molar refractivity (Wildman–Crippen MR) is 128 cm³/mol. The summed E-state index contributed by atoms with van der Waals surface area (Å²) in [7, 11) is 0. The van der Waals surface area contributed by atoms with E-state index in [1.807, 2.05) is 0 Å². The first-order valence-corrected chi connectivity index (χ1v) is 12.3. The zero-order valence-electron chi connectivity index (χ0n) is 20.6. The average Bonchev–Trinajstić information content (AvgIpc) is 2.67. The van der Waals surface area contributed by atoms with Crippen molar-refractivity contribution in [2.24, 2.45) is 23.7 Å². The van der Waals surface area contributed by atoms with Crippen LogP contribution in [0.4, 0.5) is 0 Å². The summed E-state index contributed by atoms with van der Waals surface area (Å²) in [6.45, 7) is 12.2. The largest absolute Gasteiger partial charge is 0.300 e. The van der Waals surface area contributed by atoms with Gasteiger partial charge >= 0.3 is 0 Å². The molecule has 0 amide bonds. The van der Waals surface area contributed by atoms with Crippen molar-refractivity contribution in [3.05, 3.63) is 34.4 Å². The molecule has 0 heterocycles. The van der Waals surface area contributed by atoms with Gasteiger partial charge in [0.15, 0.2) is 5.78 Å². The van der Waals surface area contributed by atoms with Crippen molar-refractivity contribution in [2.75, 3.05) is 0 Å². The van der Waals surface area contributed by atoms with Gasteiger partial charge < -0.3 is 0 Å². The number of carbonyl (C=O) groups is 3. The lowest BCUT2D eigenvalue weighted by molar-refractivity contribution is -0.129. The molecule has 1 aromatic rings. The SMILES string of the molecule is CCCC(CC1CC(=O)c2c(C)ccc(CCC(C)C)c2C1)C(CC)C(=O)CC(C)=O. The van der Waals surface area contributed by atoms with Crippen LogP contribution in [0.2, 0.25) is 0 Å². The number of hydrogen-bond acceptors (Lipinski definition) is 3. The number of ketones is 3. The molecule has 1 aliphatic rings. The van der Waals surface area contributed by atoms with Crippen molar-refractivity contribution >= 4 is 17.3 Å². The van der Waals surface area contributed by atoms with Gasteiger partial charge in [0.2, 0.25) is 0 Å². The van der Waals surface area contributed by atoms with Crippen LogP contribution in [-0.2, 0) is 22.4 Å². The maximum Gasteiger partial charge on any atom is 0.163 e. The van der Waals surface area contributed by atoms with Gasteiger partial charge in [0.05, 0.1) is 6.42 Å². The number of carbonyl (C=O) groups excluding carboxylic acids is 3. The molecule has 3 heteroatoms. The van der Waals surface area contributed by atoms with E-state index < -0.39 is 0 Å². The molecule has 1 aromatic carbocycles.